The van der Waals surface area contributed by atoms with Gasteiger partial charge in [-0.25, -0.2) is 4.79 Å². The Hall–Kier alpha value is -2.14. The van der Waals surface area contributed by atoms with Crippen LogP contribution >= 0.6 is 11.6 Å². The Bertz CT molecular complexity index is 602. The zero-order valence-corrected chi connectivity index (χ0v) is 10.2. The largest absolute Gasteiger partial charge is 0.477 e. The van der Waals surface area contributed by atoms with Crippen molar-refractivity contribution in [2.24, 2.45) is 0 Å². The Morgan fingerprint density at radius 1 is 1.39 bits per heavy atom. The van der Waals surface area contributed by atoms with E-state index in [9.17, 15) is 4.79 Å². The van der Waals surface area contributed by atoms with Crippen LogP contribution in [0, 0.1) is 6.92 Å². The van der Waals surface area contributed by atoms with Crippen molar-refractivity contribution in [3.63, 3.8) is 0 Å². The fourth-order valence-electron chi connectivity index (χ4n) is 1.35. The number of halogens is 1. The van der Waals surface area contributed by atoms with E-state index < -0.39 is 5.97 Å². The van der Waals surface area contributed by atoms with Crippen LogP contribution in [0.5, 0.6) is 11.6 Å². The molecule has 1 aromatic heterocycles. The Labute approximate surface area is 108 Å². The highest BCUT2D eigenvalue weighted by Crippen LogP contribution is 2.30. The van der Waals surface area contributed by atoms with Crippen molar-refractivity contribution in [1.29, 1.82) is 0 Å². The standard InChI is InChI=1S/C12H9ClN2O3/c1-7-2-3-9(13)10(6-7)18-11-8(12(16)17)4-5-14-15-11/h2-6H,1H3,(H,16,17). The van der Waals surface area contributed by atoms with Gasteiger partial charge in [-0.3, -0.25) is 0 Å². The molecule has 5 nitrogen and oxygen atoms in total. The quantitative estimate of drug-likeness (QED) is 0.923. The summed E-state index contributed by atoms with van der Waals surface area (Å²) < 4.78 is 5.40. The molecule has 0 radical (unpaired) electrons. The Balaban J connectivity index is 2.40. The topological polar surface area (TPSA) is 72.3 Å². The van der Waals surface area contributed by atoms with Crippen molar-refractivity contribution in [2.75, 3.05) is 0 Å². The van der Waals surface area contributed by atoms with Crippen molar-refractivity contribution in [2.45, 2.75) is 6.92 Å². The van der Waals surface area contributed by atoms with Crippen molar-refractivity contribution in [1.82, 2.24) is 10.2 Å². The van der Waals surface area contributed by atoms with E-state index in [1.807, 2.05) is 13.0 Å². The Morgan fingerprint density at radius 2 is 2.17 bits per heavy atom. The van der Waals surface area contributed by atoms with Crippen molar-refractivity contribution < 1.29 is 14.6 Å². The van der Waals surface area contributed by atoms with E-state index in [2.05, 4.69) is 10.2 Å². The number of carboxylic acids is 1. The number of aromatic carboxylic acids is 1. The second-order valence-electron chi connectivity index (χ2n) is 3.59. The molecule has 2 aromatic rings. The van der Waals surface area contributed by atoms with Gasteiger partial charge in [0.2, 0.25) is 0 Å². The number of rotatable bonds is 3. The summed E-state index contributed by atoms with van der Waals surface area (Å²) in [4.78, 5) is 11.0. The second-order valence-corrected chi connectivity index (χ2v) is 4.00. The van der Waals surface area contributed by atoms with E-state index >= 15 is 0 Å². The van der Waals surface area contributed by atoms with Gasteiger partial charge in [-0.1, -0.05) is 17.7 Å². The van der Waals surface area contributed by atoms with Crippen LogP contribution in [-0.4, -0.2) is 21.3 Å². The highest BCUT2D eigenvalue weighted by atomic mass is 35.5. The Morgan fingerprint density at radius 3 is 2.89 bits per heavy atom. The van der Waals surface area contributed by atoms with Crippen LogP contribution in [0.25, 0.3) is 0 Å². The van der Waals surface area contributed by atoms with Crippen LogP contribution in [-0.2, 0) is 0 Å². The molecular formula is C12H9ClN2O3. The predicted molar refractivity (Wildman–Crippen MR) is 65.3 cm³/mol. The van der Waals surface area contributed by atoms with Gasteiger partial charge in [-0.05, 0) is 30.7 Å². The maximum absolute atomic E-state index is 11.0. The summed E-state index contributed by atoms with van der Waals surface area (Å²) in [5.41, 5.74) is 0.873. The van der Waals surface area contributed by atoms with Gasteiger partial charge in [0, 0.05) is 0 Å². The smallest absolute Gasteiger partial charge is 0.341 e. The van der Waals surface area contributed by atoms with E-state index in [0.717, 1.165) is 5.56 Å². The molecule has 0 aliphatic carbocycles. The third-order valence-corrected chi connectivity index (χ3v) is 2.52. The number of carboxylic acid groups (broad SMARTS) is 1. The average molecular weight is 265 g/mol. The number of hydrogen-bond acceptors (Lipinski definition) is 4. The van der Waals surface area contributed by atoms with Gasteiger partial charge in [0.25, 0.3) is 5.88 Å². The number of aryl methyl sites for hydroxylation is 1. The molecule has 18 heavy (non-hydrogen) atoms. The molecule has 1 N–H and O–H groups in total. The van der Waals surface area contributed by atoms with Gasteiger partial charge in [-0.15, -0.1) is 5.10 Å². The molecule has 6 heteroatoms. The molecule has 1 aromatic carbocycles. The zero-order valence-electron chi connectivity index (χ0n) is 9.42. The number of nitrogens with zero attached hydrogens (tertiary/aromatic N) is 2. The maximum atomic E-state index is 11.0. The van der Waals surface area contributed by atoms with Gasteiger partial charge < -0.3 is 9.84 Å². The summed E-state index contributed by atoms with van der Waals surface area (Å²) in [5, 5.41) is 16.6. The first-order valence-electron chi connectivity index (χ1n) is 5.07. The van der Waals surface area contributed by atoms with Crippen LogP contribution in [0.15, 0.2) is 30.5 Å². The third kappa shape index (κ3) is 2.57. The minimum atomic E-state index is -1.14. The molecule has 0 spiro atoms. The molecule has 0 amide bonds. The number of hydrogen-bond donors (Lipinski definition) is 1. The summed E-state index contributed by atoms with van der Waals surface area (Å²) in [6.07, 6.45) is 1.29. The van der Waals surface area contributed by atoms with Gasteiger partial charge in [0.15, 0.2) is 0 Å². The SMILES string of the molecule is Cc1ccc(Cl)c(Oc2nnccc2C(=O)O)c1. The lowest BCUT2D eigenvalue weighted by molar-refractivity contribution is 0.0693. The minimum Gasteiger partial charge on any atom is -0.477 e. The molecule has 0 bridgehead atoms. The summed E-state index contributed by atoms with van der Waals surface area (Å²) in [7, 11) is 0. The van der Waals surface area contributed by atoms with Crippen LogP contribution in [0.1, 0.15) is 15.9 Å². The van der Waals surface area contributed by atoms with Gasteiger partial charge in [0.05, 0.1) is 11.2 Å². The molecule has 92 valence electrons. The van der Waals surface area contributed by atoms with Crippen molar-refractivity contribution >= 4 is 17.6 Å². The third-order valence-electron chi connectivity index (χ3n) is 2.21. The summed E-state index contributed by atoms with van der Waals surface area (Å²) in [6, 6.07) is 6.50. The lowest BCUT2D eigenvalue weighted by atomic mass is 10.2. The number of carbonyl (C=O) groups is 1. The van der Waals surface area contributed by atoms with Crippen LogP contribution in [0.4, 0.5) is 0 Å². The van der Waals surface area contributed by atoms with Gasteiger partial charge >= 0.3 is 5.97 Å². The monoisotopic (exact) mass is 264 g/mol. The second kappa shape index (κ2) is 5.01. The molecule has 0 aliphatic rings. The molecule has 0 unspecified atom stereocenters. The van der Waals surface area contributed by atoms with E-state index in [4.69, 9.17) is 21.4 Å². The molecular weight excluding hydrogens is 256 g/mol. The van der Waals surface area contributed by atoms with Crippen LogP contribution < -0.4 is 4.74 Å². The summed E-state index contributed by atoms with van der Waals surface area (Å²) in [5.74, 6) is -0.874. The highest BCUT2D eigenvalue weighted by molar-refractivity contribution is 6.32. The predicted octanol–water partition coefficient (Wildman–Crippen LogP) is 2.93. The number of benzene rings is 1. The fourth-order valence-corrected chi connectivity index (χ4v) is 1.51. The molecule has 0 fully saturated rings. The summed E-state index contributed by atoms with van der Waals surface area (Å²) >= 11 is 5.96. The first-order valence-corrected chi connectivity index (χ1v) is 5.44. The van der Waals surface area contributed by atoms with Crippen LogP contribution in [0.2, 0.25) is 5.02 Å². The zero-order chi connectivity index (χ0) is 13.1. The Kier molecular flexibility index (Phi) is 3.43. The van der Waals surface area contributed by atoms with Crippen molar-refractivity contribution in [3.05, 3.63) is 46.6 Å². The molecule has 2 rings (SSSR count). The number of aromatic nitrogens is 2. The van der Waals surface area contributed by atoms with Gasteiger partial charge in [-0.2, -0.15) is 5.10 Å². The van der Waals surface area contributed by atoms with Crippen molar-refractivity contribution in [3.8, 4) is 11.6 Å². The maximum Gasteiger partial charge on any atom is 0.341 e. The average Bonchev–Trinajstić information content (AvgIpc) is 2.34. The lowest BCUT2D eigenvalue weighted by Crippen LogP contribution is -2.03. The molecule has 0 atom stereocenters. The number of ether oxygens (including phenoxy) is 1. The van der Waals surface area contributed by atoms with E-state index in [-0.39, 0.29) is 11.4 Å². The van der Waals surface area contributed by atoms with E-state index in [1.54, 1.807) is 12.1 Å². The molecule has 0 aliphatic heterocycles. The first-order chi connectivity index (χ1) is 8.58. The molecule has 0 saturated carbocycles. The lowest BCUT2D eigenvalue weighted by Gasteiger charge is -2.08. The minimum absolute atomic E-state index is 0.0671. The highest BCUT2D eigenvalue weighted by Gasteiger charge is 2.14. The van der Waals surface area contributed by atoms with E-state index in [0.29, 0.717) is 10.8 Å². The van der Waals surface area contributed by atoms with E-state index in [1.165, 1.54) is 12.3 Å². The molecule has 1 heterocycles. The summed E-state index contributed by atoms with van der Waals surface area (Å²) in [6.45, 7) is 1.87. The van der Waals surface area contributed by atoms with Crippen LogP contribution in [0.3, 0.4) is 0 Å². The van der Waals surface area contributed by atoms with Gasteiger partial charge in [0.1, 0.15) is 11.3 Å². The molecule has 0 saturated heterocycles. The fraction of sp³-hybridized carbons (Fsp3) is 0.0833. The first kappa shape index (κ1) is 12.3. The normalized spacial score (nSPS) is 10.1.